The molecular weight excluding hydrogens is 586 g/mol. The van der Waals surface area contributed by atoms with E-state index in [-0.39, 0.29) is 31.3 Å². The summed E-state index contributed by atoms with van der Waals surface area (Å²) in [5.41, 5.74) is 6.51. The van der Waals surface area contributed by atoms with Crippen LogP contribution in [-0.2, 0) is 25.7 Å². The molecule has 5 atom stereocenters. The Morgan fingerprint density at radius 3 is 2.26 bits per heavy atom. The van der Waals surface area contributed by atoms with Gasteiger partial charge < -0.3 is 36.8 Å². The van der Waals surface area contributed by atoms with Gasteiger partial charge in [-0.3, -0.25) is 14.4 Å². The van der Waals surface area contributed by atoms with E-state index in [0.29, 0.717) is 31.8 Å². The molecule has 0 radical (unpaired) electrons. The van der Waals surface area contributed by atoms with E-state index in [9.17, 15) is 24.3 Å². The molecule has 0 heterocycles. The van der Waals surface area contributed by atoms with Gasteiger partial charge in [-0.1, -0.05) is 96.6 Å². The SMILES string of the molecule is CCCCNC(=O)[C@H](C)C[C@H](O)[C@H](CC1CCCCC1)NC(=O)[C@@H](NC(=O)[C@H](CCCN)NC(=O)OCc1ccccc1)C(C)C. The Labute approximate surface area is 275 Å². The molecule has 46 heavy (non-hydrogen) atoms. The molecule has 0 aromatic heterocycles. The van der Waals surface area contributed by atoms with Crippen LogP contribution in [-0.4, -0.2) is 66.2 Å². The van der Waals surface area contributed by atoms with Crippen LogP contribution in [0.25, 0.3) is 0 Å². The molecule has 0 saturated heterocycles. The molecular formula is C35H59N5O6. The minimum atomic E-state index is -0.948. The molecule has 0 aliphatic heterocycles. The molecule has 11 nitrogen and oxygen atoms in total. The molecule has 1 aliphatic carbocycles. The van der Waals surface area contributed by atoms with Gasteiger partial charge in [0.1, 0.15) is 18.7 Å². The van der Waals surface area contributed by atoms with Crippen LogP contribution < -0.4 is 27.0 Å². The van der Waals surface area contributed by atoms with Gasteiger partial charge in [-0.2, -0.15) is 0 Å². The summed E-state index contributed by atoms with van der Waals surface area (Å²) in [6.45, 7) is 8.49. The van der Waals surface area contributed by atoms with E-state index >= 15 is 0 Å². The monoisotopic (exact) mass is 645 g/mol. The van der Waals surface area contributed by atoms with E-state index in [1.807, 2.05) is 44.2 Å². The van der Waals surface area contributed by atoms with Gasteiger partial charge >= 0.3 is 6.09 Å². The average molecular weight is 646 g/mol. The van der Waals surface area contributed by atoms with Gasteiger partial charge in [-0.25, -0.2) is 4.79 Å². The fourth-order valence-electron chi connectivity index (χ4n) is 5.85. The summed E-state index contributed by atoms with van der Waals surface area (Å²) in [4.78, 5) is 52.4. The fourth-order valence-corrected chi connectivity index (χ4v) is 5.85. The number of alkyl carbamates (subject to hydrolysis) is 1. The first kappa shape index (κ1) is 39.0. The number of hydrogen-bond donors (Lipinski definition) is 6. The average Bonchev–Trinajstić information content (AvgIpc) is 3.04. The van der Waals surface area contributed by atoms with Crippen LogP contribution >= 0.6 is 0 Å². The zero-order chi connectivity index (χ0) is 33.9. The summed E-state index contributed by atoms with van der Waals surface area (Å²) in [6, 6.07) is 6.79. The van der Waals surface area contributed by atoms with E-state index in [4.69, 9.17) is 10.5 Å². The highest BCUT2D eigenvalue weighted by Crippen LogP contribution is 2.29. The lowest BCUT2D eigenvalue weighted by molar-refractivity contribution is -0.132. The second-order valence-electron chi connectivity index (χ2n) is 13.1. The van der Waals surface area contributed by atoms with Gasteiger partial charge in [-0.05, 0) is 56.0 Å². The van der Waals surface area contributed by atoms with Gasteiger partial charge in [0.15, 0.2) is 0 Å². The van der Waals surface area contributed by atoms with Crippen molar-refractivity contribution in [1.82, 2.24) is 21.3 Å². The van der Waals surface area contributed by atoms with Crippen molar-refractivity contribution in [2.45, 2.75) is 129 Å². The molecule has 1 saturated carbocycles. The quantitative estimate of drug-likeness (QED) is 0.117. The Morgan fingerprint density at radius 1 is 0.935 bits per heavy atom. The maximum atomic E-state index is 13.7. The van der Waals surface area contributed by atoms with Crippen molar-refractivity contribution in [3.63, 3.8) is 0 Å². The minimum Gasteiger partial charge on any atom is -0.445 e. The highest BCUT2D eigenvalue weighted by molar-refractivity contribution is 5.91. The van der Waals surface area contributed by atoms with Crippen molar-refractivity contribution < 1.29 is 29.0 Å². The number of unbranched alkanes of at least 4 members (excludes halogenated alkanes) is 1. The van der Waals surface area contributed by atoms with E-state index < -0.39 is 48.1 Å². The number of hydrogen-bond acceptors (Lipinski definition) is 7. The first-order chi connectivity index (χ1) is 22.0. The standard InChI is InChI=1S/C35H59N5O6/c1-5-6-20-37-32(42)25(4)21-30(41)29(22-26-14-9-7-10-15-26)38-34(44)31(24(2)3)40-33(43)28(18-13-19-36)39-35(45)46-23-27-16-11-8-12-17-27/h8,11-12,16-17,24-26,28-31,41H,5-7,9-10,13-15,18-23,36H2,1-4H3,(H,37,42)(H,38,44)(H,39,45)(H,40,43)/t25-,28+,29+,30+,31+/m1/s1. The van der Waals surface area contributed by atoms with Crippen LogP contribution in [0.4, 0.5) is 4.79 Å². The maximum Gasteiger partial charge on any atom is 0.408 e. The van der Waals surface area contributed by atoms with E-state index in [0.717, 1.165) is 44.1 Å². The smallest absolute Gasteiger partial charge is 0.408 e. The number of nitrogens with one attached hydrogen (secondary N) is 4. The molecule has 0 spiro atoms. The van der Waals surface area contributed by atoms with Crippen LogP contribution in [0.3, 0.4) is 0 Å². The third-order valence-corrected chi connectivity index (χ3v) is 8.74. The van der Waals surface area contributed by atoms with Crippen LogP contribution in [0.5, 0.6) is 0 Å². The zero-order valence-corrected chi connectivity index (χ0v) is 28.4. The first-order valence-electron chi connectivity index (χ1n) is 17.3. The van der Waals surface area contributed by atoms with E-state index in [1.165, 1.54) is 6.42 Å². The summed E-state index contributed by atoms with van der Waals surface area (Å²) in [5.74, 6) is -1.37. The number of carbonyl (C=O) groups is 4. The second-order valence-corrected chi connectivity index (χ2v) is 13.1. The Kier molecular flexibility index (Phi) is 18.3. The fraction of sp³-hybridized carbons (Fsp3) is 0.714. The topological polar surface area (TPSA) is 172 Å². The molecule has 7 N–H and O–H groups in total. The Morgan fingerprint density at radius 2 is 1.63 bits per heavy atom. The summed E-state index contributed by atoms with van der Waals surface area (Å²) in [7, 11) is 0. The molecule has 1 aromatic carbocycles. The summed E-state index contributed by atoms with van der Waals surface area (Å²) in [5, 5.41) is 22.8. The van der Waals surface area contributed by atoms with Crippen molar-refractivity contribution >= 4 is 23.8 Å². The molecule has 1 fully saturated rings. The van der Waals surface area contributed by atoms with Gasteiger partial charge in [0, 0.05) is 12.5 Å². The predicted molar refractivity (Wildman–Crippen MR) is 179 cm³/mol. The highest BCUT2D eigenvalue weighted by Gasteiger charge is 2.33. The van der Waals surface area contributed by atoms with Crippen molar-refractivity contribution in [3.8, 4) is 0 Å². The number of rotatable bonds is 20. The van der Waals surface area contributed by atoms with Crippen molar-refractivity contribution in [3.05, 3.63) is 35.9 Å². The number of ether oxygens (including phenoxy) is 1. The third kappa shape index (κ3) is 14.5. The van der Waals surface area contributed by atoms with Gasteiger partial charge in [-0.15, -0.1) is 0 Å². The van der Waals surface area contributed by atoms with Gasteiger partial charge in [0.05, 0.1) is 12.1 Å². The normalized spacial score (nSPS) is 16.8. The lowest BCUT2D eigenvalue weighted by Crippen LogP contribution is -2.58. The van der Waals surface area contributed by atoms with E-state index in [2.05, 4.69) is 28.2 Å². The number of aliphatic hydroxyl groups excluding tert-OH is 1. The molecule has 1 aromatic rings. The summed E-state index contributed by atoms with van der Waals surface area (Å²) < 4.78 is 5.32. The summed E-state index contributed by atoms with van der Waals surface area (Å²) in [6.07, 6.45) is 7.25. The minimum absolute atomic E-state index is 0.0542. The van der Waals surface area contributed by atoms with Crippen molar-refractivity contribution in [1.29, 1.82) is 0 Å². The van der Waals surface area contributed by atoms with Crippen LogP contribution in [0, 0.1) is 17.8 Å². The number of carbonyl (C=O) groups excluding carboxylic acids is 4. The van der Waals surface area contributed by atoms with E-state index in [1.54, 1.807) is 6.92 Å². The zero-order valence-electron chi connectivity index (χ0n) is 28.4. The Bertz CT molecular complexity index is 1050. The number of amides is 4. The van der Waals surface area contributed by atoms with Gasteiger partial charge in [0.25, 0.3) is 0 Å². The molecule has 1 aliphatic rings. The second kappa shape index (κ2) is 21.6. The summed E-state index contributed by atoms with van der Waals surface area (Å²) >= 11 is 0. The van der Waals surface area contributed by atoms with Crippen LogP contribution in [0.1, 0.15) is 104 Å². The lowest BCUT2D eigenvalue weighted by Gasteiger charge is -2.33. The lowest BCUT2D eigenvalue weighted by atomic mass is 9.82. The molecule has 11 heteroatoms. The van der Waals surface area contributed by atoms with Crippen LogP contribution in [0.15, 0.2) is 30.3 Å². The molecule has 0 bridgehead atoms. The van der Waals surface area contributed by atoms with Crippen molar-refractivity contribution in [2.75, 3.05) is 13.1 Å². The molecule has 260 valence electrons. The number of benzene rings is 1. The predicted octanol–water partition coefficient (Wildman–Crippen LogP) is 3.92. The number of aliphatic hydroxyl groups is 1. The number of nitrogens with two attached hydrogens (primary N) is 1. The molecule has 2 rings (SSSR count). The van der Waals surface area contributed by atoms with Gasteiger partial charge in [0.2, 0.25) is 17.7 Å². The maximum absolute atomic E-state index is 13.7. The largest absolute Gasteiger partial charge is 0.445 e. The van der Waals surface area contributed by atoms with Crippen molar-refractivity contribution in [2.24, 2.45) is 23.5 Å². The van der Waals surface area contributed by atoms with Crippen LogP contribution in [0.2, 0.25) is 0 Å². The Balaban J connectivity index is 2.10. The highest BCUT2D eigenvalue weighted by atomic mass is 16.5. The third-order valence-electron chi connectivity index (χ3n) is 8.74. The molecule has 4 amide bonds. The molecule has 0 unspecified atom stereocenters. The Hall–Kier alpha value is -3.18. The first-order valence-corrected chi connectivity index (χ1v) is 17.3.